The lowest BCUT2D eigenvalue weighted by Gasteiger charge is -2.35. The Hall–Kier alpha value is -2.59. The van der Waals surface area contributed by atoms with Gasteiger partial charge in [0.1, 0.15) is 0 Å². The van der Waals surface area contributed by atoms with E-state index in [1.54, 1.807) is 0 Å². The van der Waals surface area contributed by atoms with Crippen LogP contribution in [0.4, 0.5) is 5.69 Å². The first-order valence-electron chi connectivity index (χ1n) is 13.3. The number of anilines is 1. The molecule has 1 heterocycles. The molecule has 2 aromatic rings. The first-order valence-corrected chi connectivity index (χ1v) is 13.3. The van der Waals surface area contributed by atoms with Crippen molar-refractivity contribution in [3.05, 3.63) is 70.8 Å². The number of nitrogens with one attached hydrogen (secondary N) is 1. The van der Waals surface area contributed by atoms with Crippen molar-refractivity contribution in [3.63, 3.8) is 0 Å². The Kier molecular flexibility index (Phi) is 8.44. The second-order valence-corrected chi connectivity index (χ2v) is 9.70. The Morgan fingerprint density at radius 3 is 2.15 bits per heavy atom. The van der Waals surface area contributed by atoms with Gasteiger partial charge in [0, 0.05) is 43.0 Å². The van der Waals surface area contributed by atoms with Crippen LogP contribution in [-0.2, 0) is 0 Å². The van der Waals surface area contributed by atoms with Crippen molar-refractivity contribution in [3.8, 4) is 0 Å². The van der Waals surface area contributed by atoms with Crippen molar-refractivity contribution in [2.75, 3.05) is 38.1 Å². The van der Waals surface area contributed by atoms with Crippen molar-refractivity contribution in [1.82, 2.24) is 10.2 Å². The fourth-order valence-electron chi connectivity index (χ4n) is 5.66. The maximum Gasteiger partial charge on any atom is 0.253 e. The minimum Gasteiger partial charge on any atom is -0.371 e. The van der Waals surface area contributed by atoms with Gasteiger partial charge in [0.2, 0.25) is 0 Å². The molecule has 34 heavy (non-hydrogen) atoms. The molecule has 0 atom stereocenters. The van der Waals surface area contributed by atoms with Crippen LogP contribution in [0.15, 0.2) is 54.1 Å². The number of amides is 1. The molecule has 1 aliphatic heterocycles. The number of carbonyl (C=O) groups is 1. The first kappa shape index (κ1) is 24.5. The molecule has 4 rings (SSSR count). The van der Waals surface area contributed by atoms with Gasteiger partial charge >= 0.3 is 0 Å². The lowest BCUT2D eigenvalue weighted by Crippen LogP contribution is -2.34. The number of nitrogens with zero attached hydrogens (tertiary/aromatic N) is 2. The smallest absolute Gasteiger partial charge is 0.253 e. The summed E-state index contributed by atoms with van der Waals surface area (Å²) in [4.78, 5) is 17.3. The average molecular weight is 460 g/mol. The summed E-state index contributed by atoms with van der Waals surface area (Å²) in [5, 5.41) is 3.52. The summed E-state index contributed by atoms with van der Waals surface area (Å²) in [6.45, 7) is 7.60. The molecule has 2 aromatic carbocycles. The van der Waals surface area contributed by atoms with E-state index in [1.165, 1.54) is 60.1 Å². The Balaban J connectivity index is 1.74. The van der Waals surface area contributed by atoms with E-state index in [2.05, 4.69) is 53.7 Å². The molecule has 0 aromatic heterocycles. The largest absolute Gasteiger partial charge is 0.371 e. The van der Waals surface area contributed by atoms with Gasteiger partial charge in [0.15, 0.2) is 0 Å². The van der Waals surface area contributed by atoms with E-state index >= 15 is 0 Å². The van der Waals surface area contributed by atoms with E-state index in [-0.39, 0.29) is 5.91 Å². The van der Waals surface area contributed by atoms with Crippen molar-refractivity contribution in [1.29, 1.82) is 0 Å². The summed E-state index contributed by atoms with van der Waals surface area (Å²) in [6, 6.07) is 17.9. The van der Waals surface area contributed by atoms with E-state index in [0.717, 1.165) is 44.6 Å². The highest BCUT2D eigenvalue weighted by Gasteiger charge is 2.23. The zero-order chi connectivity index (χ0) is 23.9. The van der Waals surface area contributed by atoms with Crippen molar-refractivity contribution < 1.29 is 4.79 Å². The predicted molar refractivity (Wildman–Crippen MR) is 144 cm³/mol. The zero-order valence-electron chi connectivity index (χ0n) is 21.3. The lowest BCUT2D eigenvalue weighted by molar-refractivity contribution is 0.0773. The molecule has 0 unspecified atom stereocenters. The van der Waals surface area contributed by atoms with Crippen molar-refractivity contribution in [2.45, 2.75) is 64.8 Å². The maximum absolute atomic E-state index is 12.9. The van der Waals surface area contributed by atoms with Gasteiger partial charge in [-0.25, -0.2) is 0 Å². The monoisotopic (exact) mass is 459 g/mol. The minimum atomic E-state index is 0.116. The maximum atomic E-state index is 12.9. The summed E-state index contributed by atoms with van der Waals surface area (Å²) in [7, 11) is 2.28. The highest BCUT2D eigenvalue weighted by molar-refractivity contribution is 5.95. The van der Waals surface area contributed by atoms with Gasteiger partial charge in [-0.05, 0) is 82.0 Å². The second-order valence-electron chi connectivity index (χ2n) is 9.70. The van der Waals surface area contributed by atoms with Crippen LogP contribution in [0.2, 0.25) is 0 Å². The molecule has 0 bridgehead atoms. The predicted octanol–water partition coefficient (Wildman–Crippen LogP) is 6.12. The first-order chi connectivity index (χ1) is 16.6. The van der Waals surface area contributed by atoms with Crippen LogP contribution in [0, 0.1) is 0 Å². The lowest BCUT2D eigenvalue weighted by atomic mass is 9.86. The van der Waals surface area contributed by atoms with Gasteiger partial charge in [-0.15, -0.1) is 0 Å². The molecule has 2 aliphatic rings. The van der Waals surface area contributed by atoms with Gasteiger partial charge in [0.05, 0.1) is 0 Å². The highest BCUT2D eigenvalue weighted by atomic mass is 16.2. The summed E-state index contributed by atoms with van der Waals surface area (Å²) < 4.78 is 0. The highest BCUT2D eigenvalue weighted by Crippen LogP contribution is 2.38. The third-order valence-electron chi connectivity index (χ3n) is 7.71. The van der Waals surface area contributed by atoms with Crippen LogP contribution >= 0.6 is 0 Å². The molecule has 0 radical (unpaired) electrons. The topological polar surface area (TPSA) is 35.6 Å². The van der Waals surface area contributed by atoms with E-state index in [9.17, 15) is 4.79 Å². The van der Waals surface area contributed by atoms with E-state index in [1.807, 2.05) is 30.9 Å². The number of benzene rings is 2. The number of rotatable bonds is 7. The van der Waals surface area contributed by atoms with Crippen LogP contribution in [-0.4, -0.2) is 50.1 Å². The molecule has 1 amide bonds. The Morgan fingerprint density at radius 1 is 0.882 bits per heavy atom. The normalized spacial score (nSPS) is 16.9. The molecule has 1 aliphatic carbocycles. The second kappa shape index (κ2) is 11.7. The van der Waals surface area contributed by atoms with Crippen LogP contribution in [0.1, 0.15) is 80.3 Å². The minimum absolute atomic E-state index is 0.116. The number of para-hydroxylation sites is 1. The molecule has 4 nitrogen and oxygen atoms in total. The Bertz CT molecular complexity index is 976. The Morgan fingerprint density at radius 2 is 1.50 bits per heavy atom. The zero-order valence-corrected chi connectivity index (χ0v) is 21.3. The fourth-order valence-corrected chi connectivity index (χ4v) is 5.66. The van der Waals surface area contributed by atoms with Gasteiger partial charge in [-0.2, -0.15) is 0 Å². The molecule has 1 saturated heterocycles. The SMILES string of the molecule is CCN(CC)C(=O)c1ccc(C(=C2CCNCC2)c2ccccc2N(C)C2CCCCC2)cc1. The van der Waals surface area contributed by atoms with Crippen molar-refractivity contribution in [2.24, 2.45) is 0 Å². The fraction of sp³-hybridized carbons (Fsp3) is 0.500. The molecular weight excluding hydrogens is 418 g/mol. The summed E-state index contributed by atoms with van der Waals surface area (Å²) in [5.74, 6) is 0.116. The van der Waals surface area contributed by atoms with Gasteiger partial charge in [0.25, 0.3) is 5.91 Å². The quantitative estimate of drug-likeness (QED) is 0.541. The number of piperidine rings is 1. The van der Waals surface area contributed by atoms with Crippen LogP contribution in [0.3, 0.4) is 0 Å². The summed E-state index contributed by atoms with van der Waals surface area (Å²) in [6.07, 6.45) is 8.73. The molecule has 2 fully saturated rings. The summed E-state index contributed by atoms with van der Waals surface area (Å²) >= 11 is 0. The number of hydrogen-bond acceptors (Lipinski definition) is 3. The molecule has 182 valence electrons. The van der Waals surface area contributed by atoms with E-state index in [0.29, 0.717) is 6.04 Å². The third-order valence-corrected chi connectivity index (χ3v) is 7.71. The van der Waals surface area contributed by atoms with Crippen LogP contribution in [0.5, 0.6) is 0 Å². The third kappa shape index (κ3) is 5.38. The number of carbonyl (C=O) groups excluding carboxylic acids is 1. The van der Waals surface area contributed by atoms with Gasteiger partial charge < -0.3 is 15.1 Å². The van der Waals surface area contributed by atoms with Gasteiger partial charge in [-0.3, -0.25) is 4.79 Å². The molecule has 1 saturated carbocycles. The van der Waals surface area contributed by atoms with Crippen LogP contribution < -0.4 is 10.2 Å². The van der Waals surface area contributed by atoms with Gasteiger partial charge in [-0.1, -0.05) is 55.2 Å². The van der Waals surface area contributed by atoms with Crippen molar-refractivity contribution >= 4 is 17.2 Å². The molecule has 0 spiro atoms. The molecular formula is C30H41N3O. The Labute approximate surface area is 206 Å². The van der Waals surface area contributed by atoms with E-state index in [4.69, 9.17) is 0 Å². The molecule has 1 N–H and O–H groups in total. The van der Waals surface area contributed by atoms with Crippen LogP contribution in [0.25, 0.3) is 5.57 Å². The number of hydrogen-bond donors (Lipinski definition) is 1. The average Bonchev–Trinajstić information content (AvgIpc) is 2.91. The molecule has 4 heteroatoms. The standard InChI is InChI=1S/C30H41N3O/c1-4-33(5-2)30(34)25-17-15-23(16-18-25)29(24-19-21-31-22-20-24)27-13-9-10-14-28(27)32(3)26-11-7-6-8-12-26/h9-10,13-18,26,31H,4-8,11-12,19-22H2,1-3H3. The summed E-state index contributed by atoms with van der Waals surface area (Å²) in [5.41, 5.74) is 7.54. The van der Waals surface area contributed by atoms with E-state index < -0.39 is 0 Å².